The fourth-order valence-electron chi connectivity index (χ4n) is 1.43. The Morgan fingerprint density at radius 3 is 2.83 bits per heavy atom. The van der Waals surface area contributed by atoms with Crippen molar-refractivity contribution in [2.24, 2.45) is 0 Å². The normalized spacial score (nSPS) is 18.6. The Morgan fingerprint density at radius 1 is 1.61 bits per heavy atom. The number of hydrogen-bond acceptors (Lipinski definition) is 4. The van der Waals surface area contributed by atoms with Gasteiger partial charge in [0.05, 0.1) is 18.3 Å². The van der Waals surface area contributed by atoms with Crippen molar-refractivity contribution in [2.75, 3.05) is 25.6 Å². The molecule has 0 amide bonds. The molecule has 1 aromatic carbocycles. The van der Waals surface area contributed by atoms with Crippen molar-refractivity contribution in [3.05, 3.63) is 23.2 Å². The molecule has 1 aliphatic heterocycles. The first-order chi connectivity index (χ1) is 8.58. The van der Waals surface area contributed by atoms with Gasteiger partial charge in [-0.05, 0) is 32.0 Å². The van der Waals surface area contributed by atoms with Crippen LogP contribution in [0.25, 0.3) is 0 Å². The highest BCUT2D eigenvalue weighted by Crippen LogP contribution is 2.31. The first kappa shape index (κ1) is 15.1. The van der Waals surface area contributed by atoms with Crippen LogP contribution in [0.3, 0.4) is 0 Å². The maximum absolute atomic E-state index is 9.37. The molecular weight excluding hydrogens is 254 g/mol. The van der Waals surface area contributed by atoms with Gasteiger partial charge in [-0.2, -0.15) is 0 Å². The highest BCUT2D eigenvalue weighted by Gasteiger charge is 2.22. The van der Waals surface area contributed by atoms with Crippen LogP contribution in [0, 0.1) is 0 Å². The molecule has 102 valence electrons. The molecule has 1 heterocycles. The smallest absolute Gasteiger partial charge is 0.143 e. The molecule has 2 N–H and O–H groups in total. The number of rotatable bonds is 2. The SMILES string of the molecule is CC(O)C1CNc2cc(Cl)ccc2O1.CCOC. The molecule has 0 aliphatic carbocycles. The second-order valence-corrected chi connectivity index (χ2v) is 4.43. The third-order valence-corrected chi connectivity index (χ3v) is 2.78. The molecule has 4 nitrogen and oxygen atoms in total. The van der Waals surface area contributed by atoms with Crippen molar-refractivity contribution in [3.63, 3.8) is 0 Å². The molecule has 0 saturated carbocycles. The summed E-state index contributed by atoms with van der Waals surface area (Å²) in [6, 6.07) is 5.39. The average molecular weight is 274 g/mol. The molecule has 0 radical (unpaired) electrons. The lowest BCUT2D eigenvalue weighted by molar-refractivity contribution is 0.0530. The van der Waals surface area contributed by atoms with Gasteiger partial charge in [-0.1, -0.05) is 11.6 Å². The van der Waals surface area contributed by atoms with Gasteiger partial charge < -0.3 is 19.9 Å². The van der Waals surface area contributed by atoms with Crippen molar-refractivity contribution >= 4 is 17.3 Å². The topological polar surface area (TPSA) is 50.7 Å². The van der Waals surface area contributed by atoms with E-state index in [2.05, 4.69) is 10.1 Å². The van der Waals surface area contributed by atoms with Gasteiger partial charge in [-0.3, -0.25) is 0 Å². The molecule has 5 heteroatoms. The minimum Gasteiger partial charge on any atom is -0.484 e. The zero-order valence-electron chi connectivity index (χ0n) is 10.9. The van der Waals surface area contributed by atoms with Gasteiger partial charge in [0.25, 0.3) is 0 Å². The molecular formula is C13H20ClNO3. The number of ether oxygens (including phenoxy) is 2. The zero-order valence-corrected chi connectivity index (χ0v) is 11.7. The molecule has 18 heavy (non-hydrogen) atoms. The standard InChI is InChI=1S/C10H12ClNO2.C3H8O/c1-6(13)10-5-12-8-4-7(11)2-3-9(8)14-10;1-3-4-2/h2-4,6,10,12-13H,5H2,1H3;3H2,1-2H3. The summed E-state index contributed by atoms with van der Waals surface area (Å²) in [6.07, 6.45) is -0.671. The van der Waals surface area contributed by atoms with Crippen LogP contribution >= 0.6 is 11.6 Å². The lowest BCUT2D eigenvalue weighted by atomic mass is 10.1. The Bertz CT molecular complexity index is 369. The molecule has 2 unspecified atom stereocenters. The van der Waals surface area contributed by atoms with Crippen LogP contribution in [0.4, 0.5) is 5.69 Å². The predicted molar refractivity (Wildman–Crippen MR) is 73.6 cm³/mol. The van der Waals surface area contributed by atoms with E-state index in [0.29, 0.717) is 11.6 Å². The Hall–Kier alpha value is -0.970. The molecule has 0 aromatic heterocycles. The molecule has 0 saturated heterocycles. The number of benzene rings is 1. The molecule has 2 atom stereocenters. The molecule has 1 aromatic rings. The number of nitrogens with one attached hydrogen (secondary N) is 1. The second kappa shape index (κ2) is 7.46. The van der Waals surface area contributed by atoms with Gasteiger partial charge >= 0.3 is 0 Å². The van der Waals surface area contributed by atoms with E-state index in [0.717, 1.165) is 18.0 Å². The summed E-state index contributed by atoms with van der Waals surface area (Å²) in [4.78, 5) is 0. The van der Waals surface area contributed by atoms with Crippen LogP contribution in [0.15, 0.2) is 18.2 Å². The summed E-state index contributed by atoms with van der Waals surface area (Å²) in [6.45, 7) is 5.10. The van der Waals surface area contributed by atoms with Gasteiger partial charge in [0, 0.05) is 18.7 Å². The van der Waals surface area contributed by atoms with Crippen LogP contribution in [0.1, 0.15) is 13.8 Å². The monoisotopic (exact) mass is 273 g/mol. The number of fused-ring (bicyclic) bond motifs is 1. The van der Waals surface area contributed by atoms with Crippen molar-refractivity contribution in [1.82, 2.24) is 0 Å². The fraction of sp³-hybridized carbons (Fsp3) is 0.538. The van der Waals surface area contributed by atoms with Gasteiger partial charge in [-0.25, -0.2) is 0 Å². The van der Waals surface area contributed by atoms with Crippen molar-refractivity contribution in [1.29, 1.82) is 0 Å². The minimum atomic E-state index is -0.480. The van der Waals surface area contributed by atoms with Crippen LogP contribution in [-0.2, 0) is 4.74 Å². The number of halogens is 1. The van der Waals surface area contributed by atoms with Crippen LogP contribution < -0.4 is 10.1 Å². The number of aliphatic hydroxyl groups is 1. The Morgan fingerprint density at radius 2 is 2.28 bits per heavy atom. The summed E-state index contributed by atoms with van der Waals surface area (Å²) >= 11 is 5.83. The van der Waals surface area contributed by atoms with E-state index in [1.54, 1.807) is 26.2 Å². The van der Waals surface area contributed by atoms with E-state index in [1.807, 2.05) is 13.0 Å². The van der Waals surface area contributed by atoms with Crippen LogP contribution in [-0.4, -0.2) is 37.6 Å². The Balaban J connectivity index is 0.000000357. The first-order valence-corrected chi connectivity index (χ1v) is 6.33. The highest BCUT2D eigenvalue weighted by molar-refractivity contribution is 6.30. The maximum atomic E-state index is 9.37. The lowest BCUT2D eigenvalue weighted by Crippen LogP contribution is -2.39. The average Bonchev–Trinajstić information content (AvgIpc) is 2.38. The lowest BCUT2D eigenvalue weighted by Gasteiger charge is -2.29. The van der Waals surface area contributed by atoms with Gasteiger partial charge in [0.15, 0.2) is 0 Å². The largest absolute Gasteiger partial charge is 0.484 e. The fourth-order valence-corrected chi connectivity index (χ4v) is 1.60. The van der Waals surface area contributed by atoms with E-state index in [9.17, 15) is 5.11 Å². The summed E-state index contributed by atoms with van der Waals surface area (Å²) in [5, 5.41) is 13.2. The number of aliphatic hydroxyl groups excluding tert-OH is 1. The van der Waals surface area contributed by atoms with E-state index in [1.165, 1.54) is 0 Å². The molecule has 0 spiro atoms. The van der Waals surface area contributed by atoms with Gasteiger partial charge in [0.1, 0.15) is 11.9 Å². The maximum Gasteiger partial charge on any atom is 0.143 e. The van der Waals surface area contributed by atoms with Crippen molar-refractivity contribution < 1.29 is 14.6 Å². The highest BCUT2D eigenvalue weighted by atomic mass is 35.5. The Labute approximate surface area is 113 Å². The number of anilines is 1. The summed E-state index contributed by atoms with van der Waals surface area (Å²) in [7, 11) is 1.68. The van der Waals surface area contributed by atoms with Crippen LogP contribution in [0.5, 0.6) is 5.75 Å². The molecule has 0 fully saturated rings. The molecule has 1 aliphatic rings. The van der Waals surface area contributed by atoms with E-state index in [-0.39, 0.29) is 6.10 Å². The second-order valence-electron chi connectivity index (χ2n) is 4.00. The van der Waals surface area contributed by atoms with Crippen molar-refractivity contribution in [2.45, 2.75) is 26.1 Å². The predicted octanol–water partition coefficient (Wildman–Crippen LogP) is 2.55. The summed E-state index contributed by atoms with van der Waals surface area (Å²) in [5.74, 6) is 0.742. The zero-order chi connectivity index (χ0) is 13.5. The summed E-state index contributed by atoms with van der Waals surface area (Å²) < 4.78 is 10.1. The Kier molecular flexibility index (Phi) is 6.25. The molecule has 2 rings (SSSR count). The van der Waals surface area contributed by atoms with E-state index < -0.39 is 6.10 Å². The third kappa shape index (κ3) is 4.37. The van der Waals surface area contributed by atoms with Crippen molar-refractivity contribution in [3.8, 4) is 5.75 Å². The summed E-state index contributed by atoms with van der Waals surface area (Å²) in [5.41, 5.74) is 0.884. The number of hydrogen-bond donors (Lipinski definition) is 2. The molecule has 0 bridgehead atoms. The minimum absolute atomic E-state index is 0.191. The third-order valence-electron chi connectivity index (χ3n) is 2.54. The van der Waals surface area contributed by atoms with Gasteiger partial charge in [0.2, 0.25) is 0 Å². The van der Waals surface area contributed by atoms with Gasteiger partial charge in [-0.15, -0.1) is 0 Å². The van der Waals surface area contributed by atoms with E-state index in [4.69, 9.17) is 16.3 Å². The van der Waals surface area contributed by atoms with E-state index >= 15 is 0 Å². The number of methoxy groups -OCH3 is 1. The first-order valence-electron chi connectivity index (χ1n) is 5.95. The quantitative estimate of drug-likeness (QED) is 0.869. The van der Waals surface area contributed by atoms with Crippen LogP contribution in [0.2, 0.25) is 5.02 Å².